The van der Waals surface area contributed by atoms with Crippen LogP contribution in [0.2, 0.25) is 5.02 Å². The van der Waals surface area contributed by atoms with E-state index in [1.54, 1.807) is 30.0 Å². The van der Waals surface area contributed by atoms with Gasteiger partial charge in [-0.05, 0) is 106 Å². The Bertz CT molecular complexity index is 1880. The summed E-state index contributed by atoms with van der Waals surface area (Å²) in [5.74, 6) is -1.48. The molecular formula is C38H46ClFN4O6S. The third kappa shape index (κ3) is 6.33. The number of rotatable bonds is 1. The molecule has 0 aromatic heterocycles. The van der Waals surface area contributed by atoms with Crippen LogP contribution in [0, 0.1) is 5.92 Å². The number of hydrogen-bond donors (Lipinski definition) is 1. The van der Waals surface area contributed by atoms with E-state index in [-0.39, 0.29) is 36.1 Å². The van der Waals surface area contributed by atoms with Gasteiger partial charge in [0.1, 0.15) is 17.6 Å². The second-order valence-corrected chi connectivity index (χ2v) is 18.0. The summed E-state index contributed by atoms with van der Waals surface area (Å²) in [6.07, 6.45) is 6.52. The van der Waals surface area contributed by atoms with Crippen molar-refractivity contribution in [2.75, 3.05) is 44.3 Å². The van der Waals surface area contributed by atoms with Crippen LogP contribution in [0.1, 0.15) is 73.9 Å². The molecule has 13 heteroatoms. The molecule has 1 aliphatic carbocycles. The number of carbonyl (C=O) groups is 2. The van der Waals surface area contributed by atoms with Gasteiger partial charge in [-0.15, -0.1) is 0 Å². The molecule has 3 fully saturated rings. The van der Waals surface area contributed by atoms with E-state index in [9.17, 15) is 18.0 Å². The van der Waals surface area contributed by atoms with Crippen LogP contribution in [-0.2, 0) is 31.4 Å². The number of benzene rings is 2. The van der Waals surface area contributed by atoms with Crippen LogP contribution in [0.3, 0.4) is 0 Å². The minimum Gasteiger partial charge on any atom is -0.490 e. The second-order valence-electron chi connectivity index (χ2n) is 15.5. The molecule has 2 aromatic rings. The summed E-state index contributed by atoms with van der Waals surface area (Å²) in [5, 5.41) is -0.313. The number of allylic oxidation sites excluding steroid dienone is 1. The van der Waals surface area contributed by atoms with E-state index < -0.39 is 44.4 Å². The normalized spacial score (nSPS) is 34.6. The number of carbonyl (C=O) groups excluding carboxylic acids is 2. The van der Waals surface area contributed by atoms with Gasteiger partial charge in [0, 0.05) is 41.7 Å². The van der Waals surface area contributed by atoms with Gasteiger partial charge < -0.3 is 19.3 Å². The quantitative estimate of drug-likeness (QED) is 0.436. The van der Waals surface area contributed by atoms with Crippen LogP contribution in [0.15, 0.2) is 48.3 Å². The predicted octanol–water partition coefficient (Wildman–Crippen LogP) is 4.99. The molecule has 5 aliphatic heterocycles. The highest BCUT2D eigenvalue weighted by atomic mass is 35.5. The fourth-order valence-corrected chi connectivity index (χ4v) is 10.8. The van der Waals surface area contributed by atoms with Crippen LogP contribution in [0.25, 0.3) is 0 Å². The minimum absolute atomic E-state index is 0.0277. The molecule has 10 nitrogen and oxygen atoms in total. The lowest BCUT2D eigenvalue weighted by molar-refractivity contribution is -0.141. The van der Waals surface area contributed by atoms with Gasteiger partial charge >= 0.3 is 0 Å². The highest BCUT2D eigenvalue weighted by molar-refractivity contribution is 7.90. The average Bonchev–Trinajstić information content (AvgIpc) is 3.85. The van der Waals surface area contributed by atoms with Gasteiger partial charge in [-0.3, -0.25) is 14.5 Å². The highest BCUT2D eigenvalue weighted by Gasteiger charge is 2.48. The zero-order valence-corrected chi connectivity index (χ0v) is 30.7. The molecule has 0 saturated carbocycles. The number of anilines is 1. The van der Waals surface area contributed by atoms with E-state index in [1.807, 2.05) is 17.0 Å². The highest BCUT2D eigenvalue weighted by Crippen LogP contribution is 2.45. The Balaban J connectivity index is 1.23. The summed E-state index contributed by atoms with van der Waals surface area (Å²) in [4.78, 5) is 34.1. The van der Waals surface area contributed by atoms with E-state index in [4.69, 9.17) is 21.1 Å². The first kappa shape index (κ1) is 34.9. The largest absolute Gasteiger partial charge is 0.490 e. The van der Waals surface area contributed by atoms with E-state index in [0.29, 0.717) is 55.9 Å². The molecule has 2 amide bonds. The van der Waals surface area contributed by atoms with Gasteiger partial charge in [-0.1, -0.05) is 30.7 Å². The molecule has 4 bridgehead atoms. The SMILES string of the molecule is C[C@@H]1[C@@H](C)C/C=C(\F)[C@H](C(=O)N2C[C@H]3C[C@@H]2CO3)N2CCC[C@H]2CN2C[C@@]3(CCCc4cc(Cl)ccc43)COc3ccc(cc32)C(=O)NS1(=O)=O. The van der Waals surface area contributed by atoms with Gasteiger partial charge in [-0.2, -0.15) is 0 Å². The maximum Gasteiger partial charge on any atom is 0.264 e. The number of halogens is 2. The Morgan fingerprint density at radius 3 is 2.73 bits per heavy atom. The van der Waals surface area contributed by atoms with Crippen molar-refractivity contribution in [3.8, 4) is 5.75 Å². The standard InChI is InChI=1S/C38H46ClFN4O6S/c1-23-7-11-32(40)35(37(46)44-19-30-17-29(44)20-49-30)43-14-4-6-28(43)18-42-21-38(13-3-5-25-15-27(39)9-10-31(25)38)22-50-34-12-8-26(16-33(34)42)36(45)41-51(47,48)24(23)2/h8-12,15-16,23-24,28-30,35H,3-7,13-14,17-22H2,1-2H3,(H,41,45)/b32-11-/t23-,24+,28-,29+,30+,35+,38-/m0/s1. The third-order valence-corrected chi connectivity index (χ3v) is 14.5. The first-order chi connectivity index (χ1) is 24.4. The molecule has 0 radical (unpaired) electrons. The summed E-state index contributed by atoms with van der Waals surface area (Å²) in [5.41, 5.74) is 2.86. The number of aryl methyl sites for hydroxylation is 1. The molecule has 7 atom stereocenters. The first-order valence-electron chi connectivity index (χ1n) is 18.3. The first-order valence-corrected chi connectivity index (χ1v) is 20.2. The topological polar surface area (TPSA) is 108 Å². The monoisotopic (exact) mass is 740 g/mol. The average molecular weight is 741 g/mol. The van der Waals surface area contributed by atoms with Crippen molar-refractivity contribution >= 4 is 39.1 Å². The van der Waals surface area contributed by atoms with Crippen LogP contribution in [-0.4, -0.2) is 98.9 Å². The van der Waals surface area contributed by atoms with Crippen molar-refractivity contribution in [1.29, 1.82) is 0 Å². The number of likely N-dealkylation sites (tertiary alicyclic amines) is 1. The second kappa shape index (κ2) is 13.3. The summed E-state index contributed by atoms with van der Waals surface area (Å²) in [7, 11) is -4.12. The lowest BCUT2D eigenvalue weighted by Crippen LogP contribution is -2.56. The van der Waals surface area contributed by atoms with Gasteiger partial charge in [0.15, 0.2) is 0 Å². The third-order valence-electron chi connectivity index (χ3n) is 12.4. The van der Waals surface area contributed by atoms with Crippen LogP contribution < -0.4 is 14.4 Å². The van der Waals surface area contributed by atoms with E-state index in [0.717, 1.165) is 38.5 Å². The zero-order valence-electron chi connectivity index (χ0n) is 29.2. The van der Waals surface area contributed by atoms with Crippen molar-refractivity contribution in [1.82, 2.24) is 14.5 Å². The number of morpholine rings is 1. The van der Waals surface area contributed by atoms with E-state index in [1.165, 1.54) is 24.1 Å². The number of nitrogens with one attached hydrogen (secondary N) is 1. The number of amides is 2. The van der Waals surface area contributed by atoms with E-state index in [2.05, 4.69) is 15.7 Å². The smallest absolute Gasteiger partial charge is 0.264 e. The Hall–Kier alpha value is -3.19. The summed E-state index contributed by atoms with van der Waals surface area (Å²) < 4.78 is 58.4. The molecular weight excluding hydrogens is 695 g/mol. The van der Waals surface area contributed by atoms with Crippen molar-refractivity contribution in [3.05, 3.63) is 70.0 Å². The molecule has 0 unspecified atom stereocenters. The molecule has 5 heterocycles. The number of sulfonamides is 1. The van der Waals surface area contributed by atoms with Gasteiger partial charge in [0.25, 0.3) is 5.91 Å². The minimum atomic E-state index is -4.12. The van der Waals surface area contributed by atoms with Crippen molar-refractivity contribution < 1.29 is 31.9 Å². The summed E-state index contributed by atoms with van der Waals surface area (Å²) in [6.45, 7) is 6.13. The van der Waals surface area contributed by atoms with Gasteiger partial charge in [0.05, 0.1) is 36.3 Å². The summed E-state index contributed by atoms with van der Waals surface area (Å²) >= 11 is 6.45. The maximum atomic E-state index is 16.8. The Morgan fingerprint density at radius 2 is 1.94 bits per heavy atom. The molecule has 1 spiro atoms. The van der Waals surface area contributed by atoms with Gasteiger partial charge in [-0.25, -0.2) is 17.5 Å². The fourth-order valence-electron chi connectivity index (χ4n) is 9.34. The molecule has 274 valence electrons. The predicted molar refractivity (Wildman–Crippen MR) is 192 cm³/mol. The van der Waals surface area contributed by atoms with Crippen molar-refractivity contribution in [3.63, 3.8) is 0 Å². The fraction of sp³-hybridized carbons (Fsp3) is 0.579. The van der Waals surface area contributed by atoms with Crippen LogP contribution in [0.5, 0.6) is 5.75 Å². The lowest BCUT2D eigenvalue weighted by atomic mass is 9.70. The molecule has 3 saturated heterocycles. The molecule has 1 N–H and O–H groups in total. The maximum absolute atomic E-state index is 16.8. The zero-order chi connectivity index (χ0) is 35.7. The number of hydrogen-bond acceptors (Lipinski definition) is 8. The Morgan fingerprint density at radius 1 is 1.10 bits per heavy atom. The van der Waals surface area contributed by atoms with Crippen LogP contribution >= 0.6 is 11.6 Å². The Labute approximate surface area is 304 Å². The molecule has 6 aliphatic rings. The Kier molecular flexibility index (Phi) is 9.12. The van der Waals surface area contributed by atoms with E-state index >= 15 is 4.39 Å². The number of fused-ring (bicyclic) bond motifs is 6. The van der Waals surface area contributed by atoms with Crippen molar-refractivity contribution in [2.45, 2.75) is 93.7 Å². The summed E-state index contributed by atoms with van der Waals surface area (Å²) in [6, 6.07) is 9.76. The number of ether oxygens (including phenoxy) is 2. The van der Waals surface area contributed by atoms with Crippen LogP contribution in [0.4, 0.5) is 10.1 Å². The number of nitrogens with zero attached hydrogens (tertiary/aromatic N) is 3. The lowest BCUT2D eigenvalue weighted by Gasteiger charge is -2.43. The van der Waals surface area contributed by atoms with Crippen molar-refractivity contribution in [2.24, 2.45) is 5.92 Å². The van der Waals surface area contributed by atoms with Gasteiger partial charge in [0.2, 0.25) is 15.9 Å². The molecule has 51 heavy (non-hydrogen) atoms. The molecule has 8 rings (SSSR count). The molecule has 2 aromatic carbocycles.